The Labute approximate surface area is 116 Å². The molecule has 2 nitrogen and oxygen atoms in total. The van der Waals surface area contributed by atoms with Crippen molar-refractivity contribution < 1.29 is 0 Å². The van der Waals surface area contributed by atoms with Crippen LogP contribution in [0.5, 0.6) is 0 Å². The van der Waals surface area contributed by atoms with Crippen LogP contribution in [0, 0.1) is 0 Å². The fourth-order valence-electron chi connectivity index (χ4n) is 2.55. The van der Waals surface area contributed by atoms with Crippen LogP contribution in [-0.2, 0) is 0 Å². The van der Waals surface area contributed by atoms with E-state index in [9.17, 15) is 0 Å². The van der Waals surface area contributed by atoms with Crippen molar-refractivity contribution in [3.8, 4) is 0 Å². The molecule has 0 saturated heterocycles. The number of unbranched alkanes of at least 4 members (excludes halogenated alkanes) is 3. The Morgan fingerprint density at radius 2 is 1.72 bits per heavy atom. The average Bonchev–Trinajstić information content (AvgIpc) is 2.41. The summed E-state index contributed by atoms with van der Waals surface area (Å²) in [6.45, 7) is 3.44. The molecule has 0 unspecified atom stereocenters. The van der Waals surface area contributed by atoms with Crippen LogP contribution in [0.3, 0.4) is 0 Å². The van der Waals surface area contributed by atoms with E-state index in [2.05, 4.69) is 41.1 Å². The quantitative estimate of drug-likeness (QED) is 0.572. The van der Waals surface area contributed by atoms with E-state index in [-0.39, 0.29) is 0 Å². The van der Waals surface area contributed by atoms with Gasteiger partial charge in [0.25, 0.3) is 0 Å². The van der Waals surface area contributed by atoms with Crippen molar-refractivity contribution >= 4 is 23.0 Å². The molecule has 0 aliphatic carbocycles. The van der Waals surface area contributed by atoms with Gasteiger partial charge in [0.15, 0.2) is 0 Å². The van der Waals surface area contributed by atoms with E-state index in [0.717, 1.165) is 25.4 Å². The van der Waals surface area contributed by atoms with Gasteiger partial charge in [-0.15, -0.1) is 11.6 Å². The fourth-order valence-corrected chi connectivity index (χ4v) is 2.74. The van der Waals surface area contributed by atoms with Crippen molar-refractivity contribution in [3.63, 3.8) is 0 Å². The summed E-state index contributed by atoms with van der Waals surface area (Å²) in [5.74, 6) is 0.803. The molecule has 0 N–H and O–H groups in total. The van der Waals surface area contributed by atoms with E-state index in [1.54, 1.807) is 0 Å². The topological polar surface area (TPSA) is 6.48 Å². The summed E-state index contributed by atoms with van der Waals surface area (Å²) in [5.41, 5.74) is 2.76. The van der Waals surface area contributed by atoms with Crippen LogP contribution in [0.2, 0.25) is 0 Å². The lowest BCUT2D eigenvalue weighted by atomic mass is 10.1. The van der Waals surface area contributed by atoms with Gasteiger partial charge in [-0.1, -0.05) is 25.0 Å². The van der Waals surface area contributed by atoms with E-state index in [1.165, 1.54) is 37.2 Å². The number of likely N-dealkylation sites (N-methyl/N-ethyl adjacent to an activating group) is 1. The zero-order valence-electron chi connectivity index (χ0n) is 11.2. The normalized spacial score (nSPS) is 14.8. The zero-order valence-corrected chi connectivity index (χ0v) is 12.0. The number of anilines is 2. The minimum Gasteiger partial charge on any atom is -0.371 e. The molecule has 1 aromatic rings. The van der Waals surface area contributed by atoms with Crippen molar-refractivity contribution in [2.24, 2.45) is 0 Å². The number of benzene rings is 1. The second-order valence-electron chi connectivity index (χ2n) is 5.00. The molecular formula is C15H23ClN2. The summed E-state index contributed by atoms with van der Waals surface area (Å²) in [6, 6.07) is 8.72. The van der Waals surface area contributed by atoms with Gasteiger partial charge < -0.3 is 9.80 Å². The Morgan fingerprint density at radius 3 is 2.50 bits per heavy atom. The molecule has 0 saturated carbocycles. The lowest BCUT2D eigenvalue weighted by molar-refractivity contribution is 0.635. The Balaban J connectivity index is 1.89. The molecule has 0 amide bonds. The molecule has 0 atom stereocenters. The Hall–Kier alpha value is -0.890. The van der Waals surface area contributed by atoms with Crippen LogP contribution in [-0.4, -0.2) is 32.6 Å². The van der Waals surface area contributed by atoms with Crippen LogP contribution in [0.1, 0.15) is 25.7 Å². The van der Waals surface area contributed by atoms with Crippen LogP contribution < -0.4 is 9.80 Å². The van der Waals surface area contributed by atoms with Gasteiger partial charge in [0.2, 0.25) is 0 Å². The third-order valence-electron chi connectivity index (χ3n) is 3.65. The summed E-state index contributed by atoms with van der Waals surface area (Å²) in [7, 11) is 2.18. The monoisotopic (exact) mass is 266 g/mol. The van der Waals surface area contributed by atoms with Crippen molar-refractivity contribution in [1.29, 1.82) is 0 Å². The number of alkyl halides is 1. The molecule has 0 spiro atoms. The van der Waals surface area contributed by atoms with Crippen molar-refractivity contribution in [2.45, 2.75) is 25.7 Å². The summed E-state index contributed by atoms with van der Waals surface area (Å²) in [5, 5.41) is 0. The standard InChI is InChI=1S/C15H23ClN2/c1-17-12-13-18(11-7-3-2-6-10-16)15-9-5-4-8-14(15)17/h4-5,8-9H,2-3,6-7,10-13H2,1H3. The highest BCUT2D eigenvalue weighted by Gasteiger charge is 2.18. The average molecular weight is 267 g/mol. The molecule has 0 fully saturated rings. The van der Waals surface area contributed by atoms with Gasteiger partial charge in [0.1, 0.15) is 0 Å². The lowest BCUT2D eigenvalue weighted by Gasteiger charge is -2.37. The summed E-state index contributed by atoms with van der Waals surface area (Å²) in [6.07, 6.45) is 4.98. The third kappa shape index (κ3) is 3.32. The highest BCUT2D eigenvalue weighted by atomic mass is 35.5. The fraction of sp³-hybridized carbons (Fsp3) is 0.600. The van der Waals surface area contributed by atoms with E-state index in [4.69, 9.17) is 11.6 Å². The van der Waals surface area contributed by atoms with E-state index < -0.39 is 0 Å². The maximum Gasteiger partial charge on any atom is 0.0604 e. The van der Waals surface area contributed by atoms with E-state index in [1.807, 2.05) is 0 Å². The van der Waals surface area contributed by atoms with Gasteiger partial charge in [-0.05, 0) is 25.0 Å². The molecule has 18 heavy (non-hydrogen) atoms. The maximum atomic E-state index is 5.70. The smallest absolute Gasteiger partial charge is 0.0604 e. The molecular weight excluding hydrogens is 244 g/mol. The van der Waals surface area contributed by atoms with Gasteiger partial charge in [-0.3, -0.25) is 0 Å². The van der Waals surface area contributed by atoms with Gasteiger partial charge >= 0.3 is 0 Å². The van der Waals surface area contributed by atoms with Crippen LogP contribution in [0.15, 0.2) is 24.3 Å². The highest BCUT2D eigenvalue weighted by Crippen LogP contribution is 2.31. The number of nitrogens with zero attached hydrogens (tertiary/aromatic N) is 2. The zero-order chi connectivity index (χ0) is 12.8. The molecule has 0 radical (unpaired) electrons. The minimum absolute atomic E-state index is 0.803. The van der Waals surface area contributed by atoms with E-state index >= 15 is 0 Å². The Morgan fingerprint density at radius 1 is 1.00 bits per heavy atom. The first-order valence-corrected chi connectivity index (χ1v) is 7.47. The Bertz CT molecular complexity index is 367. The predicted octanol–water partition coefficient (Wildman–Crippen LogP) is 3.74. The SMILES string of the molecule is CN1CCN(CCCCCCCl)c2ccccc21. The third-order valence-corrected chi connectivity index (χ3v) is 3.92. The van der Waals surface area contributed by atoms with Gasteiger partial charge in [0, 0.05) is 32.6 Å². The molecule has 100 valence electrons. The molecule has 1 aromatic carbocycles. The molecule has 2 rings (SSSR count). The number of hydrogen-bond acceptors (Lipinski definition) is 2. The number of para-hydroxylation sites is 2. The number of hydrogen-bond donors (Lipinski definition) is 0. The molecule has 1 aliphatic rings. The maximum absolute atomic E-state index is 5.70. The summed E-state index contributed by atoms with van der Waals surface area (Å²) >= 11 is 5.70. The highest BCUT2D eigenvalue weighted by molar-refractivity contribution is 6.17. The predicted molar refractivity (Wildman–Crippen MR) is 81.1 cm³/mol. The van der Waals surface area contributed by atoms with Crippen molar-refractivity contribution in [3.05, 3.63) is 24.3 Å². The van der Waals surface area contributed by atoms with Gasteiger partial charge in [0.05, 0.1) is 11.4 Å². The summed E-state index contributed by atoms with van der Waals surface area (Å²) < 4.78 is 0. The first-order valence-electron chi connectivity index (χ1n) is 6.94. The lowest BCUT2D eigenvalue weighted by Crippen LogP contribution is -2.39. The van der Waals surface area contributed by atoms with Crippen molar-refractivity contribution in [2.75, 3.05) is 42.4 Å². The first-order chi connectivity index (χ1) is 8.83. The van der Waals surface area contributed by atoms with Gasteiger partial charge in [-0.25, -0.2) is 0 Å². The number of rotatable bonds is 6. The Kier molecular flexibility index (Phi) is 5.18. The second-order valence-corrected chi connectivity index (χ2v) is 5.38. The van der Waals surface area contributed by atoms with Crippen LogP contribution >= 0.6 is 11.6 Å². The first kappa shape index (κ1) is 13.5. The van der Waals surface area contributed by atoms with Crippen LogP contribution in [0.4, 0.5) is 11.4 Å². The molecule has 0 aromatic heterocycles. The minimum atomic E-state index is 0.803. The molecule has 3 heteroatoms. The second kappa shape index (κ2) is 6.89. The number of fused-ring (bicyclic) bond motifs is 1. The van der Waals surface area contributed by atoms with Crippen molar-refractivity contribution in [1.82, 2.24) is 0 Å². The molecule has 1 aliphatic heterocycles. The van der Waals surface area contributed by atoms with E-state index in [0.29, 0.717) is 0 Å². The number of halogens is 1. The molecule has 0 bridgehead atoms. The van der Waals surface area contributed by atoms with Crippen LogP contribution in [0.25, 0.3) is 0 Å². The molecule has 1 heterocycles. The largest absolute Gasteiger partial charge is 0.371 e. The summed E-state index contributed by atoms with van der Waals surface area (Å²) in [4.78, 5) is 4.87. The van der Waals surface area contributed by atoms with Gasteiger partial charge in [-0.2, -0.15) is 0 Å².